The highest BCUT2D eigenvalue weighted by molar-refractivity contribution is 5.79. The third kappa shape index (κ3) is 6.97. The number of rotatable bonds is 11. The number of amides is 2. The number of halogens is 3. The van der Waals surface area contributed by atoms with Crippen LogP contribution in [0.15, 0.2) is 54.7 Å². The Bertz CT molecular complexity index is 1360. The molecule has 2 amide bonds. The number of aliphatic hydroxyl groups is 1. The van der Waals surface area contributed by atoms with Gasteiger partial charge in [-0.2, -0.15) is 0 Å². The van der Waals surface area contributed by atoms with Gasteiger partial charge in [-0.25, -0.2) is 18.2 Å². The van der Waals surface area contributed by atoms with E-state index in [-0.39, 0.29) is 43.2 Å². The van der Waals surface area contributed by atoms with E-state index in [0.717, 1.165) is 23.8 Å². The van der Waals surface area contributed by atoms with E-state index in [1.165, 1.54) is 11.9 Å². The number of benzene rings is 2. The number of nitrogens with zero attached hydrogens (tertiary/aromatic N) is 3. The first-order valence-corrected chi connectivity index (χ1v) is 13.6. The molecule has 3 aromatic rings. The van der Waals surface area contributed by atoms with Gasteiger partial charge in [-0.05, 0) is 23.8 Å². The predicted molar refractivity (Wildman–Crippen MR) is 148 cm³/mol. The number of imidazole rings is 1. The second-order valence-electron chi connectivity index (χ2n) is 11.1. The molecule has 0 aliphatic carbocycles. The van der Waals surface area contributed by atoms with Crippen LogP contribution in [0.3, 0.4) is 0 Å². The Morgan fingerprint density at radius 1 is 1.20 bits per heavy atom. The molecule has 1 aromatic heterocycles. The summed E-state index contributed by atoms with van der Waals surface area (Å²) in [5.74, 6) is -2.53. The summed E-state index contributed by atoms with van der Waals surface area (Å²) in [6, 6.07) is 11.5. The molecule has 8 nitrogen and oxygen atoms in total. The average Bonchev–Trinajstić information content (AvgIpc) is 3.54. The van der Waals surface area contributed by atoms with E-state index in [0.29, 0.717) is 12.4 Å². The zero-order chi connectivity index (χ0) is 29.7. The maximum absolute atomic E-state index is 14.9. The van der Waals surface area contributed by atoms with Crippen LogP contribution in [0.5, 0.6) is 0 Å². The highest BCUT2D eigenvalue weighted by Crippen LogP contribution is 2.43. The predicted octanol–water partition coefficient (Wildman–Crippen LogP) is 3.46. The first kappa shape index (κ1) is 30.3. The minimum absolute atomic E-state index is 0.0345. The average molecular weight is 572 g/mol. The molecule has 2 aromatic carbocycles. The molecule has 0 bridgehead atoms. The van der Waals surface area contributed by atoms with Gasteiger partial charge in [0.15, 0.2) is 0 Å². The number of hydrogen-bond donors (Lipinski definition) is 3. The number of alkyl halides is 1. The lowest BCUT2D eigenvalue weighted by molar-refractivity contribution is -0.142. The largest absolute Gasteiger partial charge is 0.387 e. The Hall–Kier alpha value is -3.70. The maximum atomic E-state index is 14.9. The number of carbonyl (C=O) groups is 2. The van der Waals surface area contributed by atoms with Crippen molar-refractivity contribution in [1.29, 1.82) is 0 Å². The van der Waals surface area contributed by atoms with Crippen LogP contribution in [0.1, 0.15) is 37.7 Å². The molecule has 1 fully saturated rings. The van der Waals surface area contributed by atoms with E-state index >= 15 is 0 Å². The van der Waals surface area contributed by atoms with Crippen molar-refractivity contribution in [2.45, 2.75) is 39.0 Å². The van der Waals surface area contributed by atoms with Gasteiger partial charge in [-0.15, -0.1) is 0 Å². The van der Waals surface area contributed by atoms with Crippen LogP contribution in [0.25, 0.3) is 11.3 Å². The summed E-state index contributed by atoms with van der Waals surface area (Å²) in [7, 11) is 1.50. The molecular formula is C30H36F3N5O3. The van der Waals surface area contributed by atoms with Crippen molar-refractivity contribution in [3.8, 4) is 11.3 Å². The second kappa shape index (κ2) is 12.9. The van der Waals surface area contributed by atoms with Crippen molar-refractivity contribution in [1.82, 2.24) is 25.1 Å². The molecule has 220 valence electrons. The molecule has 3 N–H and O–H groups in total. The van der Waals surface area contributed by atoms with Gasteiger partial charge in [-0.3, -0.25) is 9.59 Å². The third-order valence-corrected chi connectivity index (χ3v) is 7.54. The van der Waals surface area contributed by atoms with Crippen LogP contribution in [0.2, 0.25) is 0 Å². The zero-order valence-corrected chi connectivity index (χ0v) is 23.4. The van der Waals surface area contributed by atoms with Crippen molar-refractivity contribution < 1.29 is 27.9 Å². The summed E-state index contributed by atoms with van der Waals surface area (Å²) < 4.78 is 45.6. The van der Waals surface area contributed by atoms with Crippen LogP contribution in [-0.4, -0.2) is 70.8 Å². The molecule has 41 heavy (non-hydrogen) atoms. The lowest BCUT2D eigenvalue weighted by atomic mass is 9.78. The van der Waals surface area contributed by atoms with Crippen LogP contribution in [0.4, 0.5) is 13.2 Å². The maximum Gasteiger partial charge on any atom is 0.248 e. The fourth-order valence-electron chi connectivity index (χ4n) is 5.46. The Morgan fingerprint density at radius 2 is 1.93 bits per heavy atom. The standard InChI is InChI=1S/C30H36F3N5O3/c1-30(2,12-26(40)34-3)28(38(27(41)18-39)16-20-13-35-14-24(20)33)29-36-25(22-11-21(31)9-10-23(22)32)17-37(29)15-19-7-5-4-6-8-19/h4-11,17,20,24,28,35,39H,12-16,18H2,1-3H3,(H,34,40). The Labute approximate surface area is 237 Å². The van der Waals surface area contributed by atoms with Crippen molar-refractivity contribution in [2.24, 2.45) is 11.3 Å². The summed E-state index contributed by atoms with van der Waals surface area (Å²) in [5, 5.41) is 15.6. The summed E-state index contributed by atoms with van der Waals surface area (Å²) in [6.45, 7) is 3.43. The third-order valence-electron chi connectivity index (χ3n) is 7.54. The first-order chi connectivity index (χ1) is 19.5. The number of aromatic nitrogens is 2. The van der Waals surface area contributed by atoms with Crippen LogP contribution < -0.4 is 10.6 Å². The van der Waals surface area contributed by atoms with E-state index in [4.69, 9.17) is 4.98 Å². The lowest BCUT2D eigenvalue weighted by Crippen LogP contribution is -2.48. The van der Waals surface area contributed by atoms with Gasteiger partial charge in [0.25, 0.3) is 0 Å². The second-order valence-corrected chi connectivity index (χ2v) is 11.1. The van der Waals surface area contributed by atoms with Gasteiger partial charge in [-0.1, -0.05) is 44.2 Å². The van der Waals surface area contributed by atoms with E-state index in [1.807, 2.05) is 30.3 Å². The van der Waals surface area contributed by atoms with E-state index < -0.39 is 47.7 Å². The normalized spacial score (nSPS) is 17.8. The molecule has 1 aliphatic rings. The van der Waals surface area contributed by atoms with E-state index in [1.54, 1.807) is 24.6 Å². The molecule has 1 aliphatic heterocycles. The fraction of sp³-hybridized carbons (Fsp3) is 0.433. The molecule has 0 radical (unpaired) electrons. The topological polar surface area (TPSA) is 99.5 Å². The first-order valence-electron chi connectivity index (χ1n) is 13.6. The summed E-state index contributed by atoms with van der Waals surface area (Å²) in [5.41, 5.74) is -0.0369. The molecule has 1 saturated heterocycles. The van der Waals surface area contributed by atoms with Gasteiger partial charge in [0, 0.05) is 62.7 Å². The van der Waals surface area contributed by atoms with Crippen molar-refractivity contribution in [2.75, 3.05) is 33.3 Å². The van der Waals surface area contributed by atoms with Gasteiger partial charge in [0.1, 0.15) is 30.2 Å². The van der Waals surface area contributed by atoms with Gasteiger partial charge >= 0.3 is 0 Å². The number of hydrogen-bond acceptors (Lipinski definition) is 5. The molecular weight excluding hydrogens is 535 g/mol. The number of aliphatic hydroxyl groups excluding tert-OH is 1. The SMILES string of the molecule is CNC(=O)CC(C)(C)C(c1nc(-c2cc(F)ccc2F)cn1Cc1ccccc1)N(CC1CNCC1F)C(=O)CO. The number of carbonyl (C=O) groups excluding carboxylic acids is 2. The monoisotopic (exact) mass is 571 g/mol. The van der Waals surface area contributed by atoms with Gasteiger partial charge in [0.05, 0.1) is 11.7 Å². The summed E-state index contributed by atoms with van der Waals surface area (Å²) in [6.07, 6.45) is 0.334. The molecule has 0 saturated carbocycles. The summed E-state index contributed by atoms with van der Waals surface area (Å²) in [4.78, 5) is 32.1. The lowest BCUT2D eigenvalue weighted by Gasteiger charge is -2.42. The Balaban J connectivity index is 1.92. The summed E-state index contributed by atoms with van der Waals surface area (Å²) >= 11 is 0. The molecule has 3 atom stereocenters. The molecule has 11 heteroatoms. The number of nitrogens with one attached hydrogen (secondary N) is 2. The van der Waals surface area contributed by atoms with Gasteiger partial charge in [0.2, 0.25) is 11.8 Å². The molecule has 0 spiro atoms. The van der Waals surface area contributed by atoms with E-state index in [9.17, 15) is 27.9 Å². The minimum Gasteiger partial charge on any atom is -0.387 e. The Morgan fingerprint density at radius 3 is 2.56 bits per heavy atom. The highest BCUT2D eigenvalue weighted by atomic mass is 19.1. The van der Waals surface area contributed by atoms with Gasteiger partial charge < -0.3 is 25.2 Å². The smallest absolute Gasteiger partial charge is 0.248 e. The van der Waals surface area contributed by atoms with Crippen LogP contribution in [-0.2, 0) is 16.1 Å². The molecule has 2 heterocycles. The van der Waals surface area contributed by atoms with Crippen molar-refractivity contribution >= 4 is 11.8 Å². The van der Waals surface area contributed by atoms with Crippen molar-refractivity contribution in [3.63, 3.8) is 0 Å². The zero-order valence-electron chi connectivity index (χ0n) is 23.4. The van der Waals surface area contributed by atoms with Crippen LogP contribution >= 0.6 is 0 Å². The van der Waals surface area contributed by atoms with Crippen LogP contribution in [0, 0.1) is 23.0 Å². The highest BCUT2D eigenvalue weighted by Gasteiger charge is 2.44. The van der Waals surface area contributed by atoms with Crippen molar-refractivity contribution in [3.05, 3.63) is 77.8 Å². The minimum atomic E-state index is -1.22. The Kier molecular flexibility index (Phi) is 9.49. The molecule has 3 unspecified atom stereocenters. The fourth-order valence-corrected chi connectivity index (χ4v) is 5.46. The van der Waals surface area contributed by atoms with E-state index in [2.05, 4.69) is 10.6 Å². The quantitative estimate of drug-likeness (QED) is 0.328. The molecule has 4 rings (SSSR count).